The van der Waals surface area contributed by atoms with Gasteiger partial charge >= 0.3 is 0 Å². The molecule has 0 saturated heterocycles. The number of Topliss-reactive ketones (excluding diaryl/α,β-unsaturated/α-hetero) is 1. The average Bonchev–Trinajstić information content (AvgIpc) is 2.63. The van der Waals surface area contributed by atoms with Crippen LogP contribution in [0, 0.1) is 0 Å². The van der Waals surface area contributed by atoms with Gasteiger partial charge < -0.3 is 5.32 Å². The summed E-state index contributed by atoms with van der Waals surface area (Å²) in [5.74, 6) is 0.233. The summed E-state index contributed by atoms with van der Waals surface area (Å²) in [7, 11) is 0. The molecular formula is C9H11ClN2O2S. The van der Waals surface area contributed by atoms with Crippen molar-refractivity contribution in [2.45, 2.75) is 19.8 Å². The Hall–Kier alpha value is -0.940. The number of anilines is 1. The second-order valence-corrected chi connectivity index (χ2v) is 4.17. The molecule has 0 aromatic carbocycles. The number of nitrogens with one attached hydrogen (secondary N) is 1. The van der Waals surface area contributed by atoms with E-state index in [9.17, 15) is 9.59 Å². The molecule has 0 spiro atoms. The first-order chi connectivity index (χ1) is 7.13. The van der Waals surface area contributed by atoms with Gasteiger partial charge in [0.05, 0.1) is 0 Å². The lowest BCUT2D eigenvalue weighted by Gasteiger charge is -1.98. The van der Waals surface area contributed by atoms with Crippen molar-refractivity contribution in [2.24, 2.45) is 0 Å². The Morgan fingerprint density at radius 1 is 1.60 bits per heavy atom. The summed E-state index contributed by atoms with van der Waals surface area (Å²) < 4.78 is 0. The van der Waals surface area contributed by atoms with Crippen molar-refractivity contribution in [2.75, 3.05) is 11.2 Å². The highest BCUT2D eigenvalue weighted by Crippen LogP contribution is 2.15. The van der Waals surface area contributed by atoms with E-state index >= 15 is 0 Å². The van der Waals surface area contributed by atoms with E-state index in [1.54, 1.807) is 5.38 Å². The highest BCUT2D eigenvalue weighted by Gasteiger charge is 2.08. The van der Waals surface area contributed by atoms with Crippen molar-refractivity contribution >= 4 is 39.8 Å². The van der Waals surface area contributed by atoms with E-state index in [-0.39, 0.29) is 11.7 Å². The van der Waals surface area contributed by atoms with Gasteiger partial charge in [-0.2, -0.15) is 0 Å². The minimum atomic E-state index is -0.125. The number of amides is 1. The summed E-state index contributed by atoms with van der Waals surface area (Å²) in [6.07, 6.45) is 1.01. The zero-order valence-electron chi connectivity index (χ0n) is 8.25. The van der Waals surface area contributed by atoms with E-state index in [2.05, 4.69) is 10.3 Å². The monoisotopic (exact) mass is 246 g/mol. The Morgan fingerprint density at radius 3 is 2.87 bits per heavy atom. The predicted octanol–water partition coefficient (Wildman–Crippen LogP) is 2.30. The smallest absolute Gasteiger partial charge is 0.226 e. The Morgan fingerprint density at radius 2 is 2.33 bits per heavy atom. The van der Waals surface area contributed by atoms with Gasteiger partial charge in [-0.3, -0.25) is 9.59 Å². The van der Waals surface area contributed by atoms with Gasteiger partial charge in [0.2, 0.25) is 5.91 Å². The molecular weight excluding hydrogens is 236 g/mol. The summed E-state index contributed by atoms with van der Waals surface area (Å²) in [5, 5.41) is 4.69. The lowest BCUT2D eigenvalue weighted by molar-refractivity contribution is -0.116. The number of aromatic nitrogens is 1. The second-order valence-electron chi connectivity index (χ2n) is 2.93. The van der Waals surface area contributed by atoms with Crippen molar-refractivity contribution in [3.8, 4) is 0 Å². The fourth-order valence-electron chi connectivity index (χ4n) is 0.902. The first-order valence-corrected chi connectivity index (χ1v) is 5.87. The van der Waals surface area contributed by atoms with Crippen LogP contribution >= 0.6 is 22.9 Å². The van der Waals surface area contributed by atoms with Crippen molar-refractivity contribution < 1.29 is 9.59 Å². The molecule has 4 nitrogen and oxygen atoms in total. The standard InChI is InChI=1S/C9H11ClN2O2S/c1-6(13)7-5-15-9(11-7)12-8(14)3-2-4-10/h5H,2-4H2,1H3,(H,11,12,14). The van der Waals surface area contributed by atoms with Crippen molar-refractivity contribution in [3.05, 3.63) is 11.1 Å². The Bertz CT molecular complexity index is 365. The third-order valence-corrected chi connectivity index (χ3v) is 2.67. The maximum atomic E-state index is 11.3. The molecule has 0 unspecified atom stereocenters. The minimum Gasteiger partial charge on any atom is -0.302 e. The molecule has 15 heavy (non-hydrogen) atoms. The minimum absolute atomic E-state index is 0.104. The van der Waals surface area contributed by atoms with E-state index in [1.807, 2.05) is 0 Å². The Balaban J connectivity index is 2.50. The number of thiazole rings is 1. The van der Waals surface area contributed by atoms with Crippen LogP contribution in [0.5, 0.6) is 0 Å². The zero-order chi connectivity index (χ0) is 11.3. The Labute approximate surface area is 96.7 Å². The maximum Gasteiger partial charge on any atom is 0.226 e. The summed E-state index contributed by atoms with van der Waals surface area (Å²) in [6.45, 7) is 1.44. The quantitative estimate of drug-likeness (QED) is 0.641. The first-order valence-electron chi connectivity index (χ1n) is 4.45. The zero-order valence-corrected chi connectivity index (χ0v) is 9.82. The lowest BCUT2D eigenvalue weighted by Crippen LogP contribution is -2.11. The van der Waals surface area contributed by atoms with Crippen LogP contribution in [0.4, 0.5) is 5.13 Å². The van der Waals surface area contributed by atoms with E-state index in [1.165, 1.54) is 18.3 Å². The van der Waals surface area contributed by atoms with Crippen molar-refractivity contribution in [1.29, 1.82) is 0 Å². The topological polar surface area (TPSA) is 59.1 Å². The molecule has 0 aliphatic heterocycles. The van der Waals surface area contributed by atoms with Crippen LogP contribution in [0.25, 0.3) is 0 Å². The van der Waals surface area contributed by atoms with Crippen molar-refractivity contribution in [1.82, 2.24) is 4.98 Å². The number of carbonyl (C=O) groups excluding carboxylic acids is 2. The molecule has 1 aromatic rings. The van der Waals surface area contributed by atoms with E-state index < -0.39 is 0 Å². The number of ketones is 1. The molecule has 1 heterocycles. The van der Waals surface area contributed by atoms with Crippen molar-refractivity contribution in [3.63, 3.8) is 0 Å². The number of carbonyl (C=O) groups is 2. The van der Waals surface area contributed by atoms with Crippen LogP contribution in [0.3, 0.4) is 0 Å². The summed E-state index contributed by atoms with van der Waals surface area (Å²) in [5.41, 5.74) is 0.382. The highest BCUT2D eigenvalue weighted by atomic mass is 35.5. The van der Waals surface area contributed by atoms with Gasteiger partial charge in [0.15, 0.2) is 10.9 Å². The number of halogens is 1. The third kappa shape index (κ3) is 3.97. The molecule has 0 fully saturated rings. The summed E-state index contributed by atoms with van der Waals surface area (Å²) in [4.78, 5) is 26.2. The molecule has 0 radical (unpaired) electrons. The molecule has 0 atom stereocenters. The SMILES string of the molecule is CC(=O)c1csc(NC(=O)CCCCl)n1. The van der Waals surface area contributed by atoms with Gasteiger partial charge in [-0.05, 0) is 6.42 Å². The summed E-state index contributed by atoms with van der Waals surface area (Å²) >= 11 is 6.70. The molecule has 1 aromatic heterocycles. The summed E-state index contributed by atoms with van der Waals surface area (Å²) in [6, 6.07) is 0. The van der Waals surface area contributed by atoms with Crippen LogP contribution < -0.4 is 5.32 Å². The molecule has 1 rings (SSSR count). The molecule has 0 aliphatic rings. The van der Waals surface area contributed by atoms with Gasteiger partial charge in [0, 0.05) is 24.6 Å². The second kappa shape index (κ2) is 5.82. The van der Waals surface area contributed by atoms with E-state index in [0.29, 0.717) is 29.5 Å². The van der Waals surface area contributed by atoms with Gasteiger partial charge in [-0.25, -0.2) is 4.98 Å². The molecule has 1 N–H and O–H groups in total. The number of alkyl halides is 1. The number of hydrogen-bond donors (Lipinski definition) is 1. The number of hydrogen-bond acceptors (Lipinski definition) is 4. The maximum absolute atomic E-state index is 11.3. The molecule has 1 amide bonds. The van der Waals surface area contributed by atoms with Gasteiger partial charge in [-0.1, -0.05) is 0 Å². The fraction of sp³-hybridized carbons (Fsp3) is 0.444. The van der Waals surface area contributed by atoms with Crippen LogP contribution in [0.2, 0.25) is 0 Å². The largest absolute Gasteiger partial charge is 0.302 e. The molecule has 6 heteroatoms. The van der Waals surface area contributed by atoms with Gasteiger partial charge in [0.25, 0.3) is 0 Å². The van der Waals surface area contributed by atoms with Gasteiger partial charge in [0.1, 0.15) is 5.69 Å². The molecule has 82 valence electrons. The van der Waals surface area contributed by atoms with Crippen LogP contribution in [0.15, 0.2) is 5.38 Å². The van der Waals surface area contributed by atoms with E-state index in [0.717, 1.165) is 0 Å². The Kier molecular flexibility index (Phi) is 4.71. The van der Waals surface area contributed by atoms with Crippen LogP contribution in [-0.4, -0.2) is 22.6 Å². The number of nitrogens with zero attached hydrogens (tertiary/aromatic N) is 1. The molecule has 0 bridgehead atoms. The lowest BCUT2D eigenvalue weighted by atomic mass is 10.3. The van der Waals surface area contributed by atoms with Crippen LogP contribution in [0.1, 0.15) is 30.3 Å². The molecule has 0 saturated carbocycles. The third-order valence-electron chi connectivity index (χ3n) is 1.65. The van der Waals surface area contributed by atoms with E-state index in [4.69, 9.17) is 11.6 Å². The first kappa shape index (κ1) is 12.1. The number of rotatable bonds is 5. The fourth-order valence-corrected chi connectivity index (χ4v) is 1.80. The van der Waals surface area contributed by atoms with Gasteiger partial charge in [-0.15, -0.1) is 22.9 Å². The van der Waals surface area contributed by atoms with Crippen LogP contribution in [-0.2, 0) is 4.79 Å². The highest BCUT2D eigenvalue weighted by molar-refractivity contribution is 7.14. The molecule has 0 aliphatic carbocycles. The average molecular weight is 247 g/mol. The normalized spacial score (nSPS) is 10.0. The predicted molar refractivity (Wildman–Crippen MR) is 60.7 cm³/mol.